The number of halogens is 2. The Morgan fingerprint density at radius 2 is 1.95 bits per heavy atom. The Labute approximate surface area is 116 Å². The first kappa shape index (κ1) is 14.5. The average molecular weight is 281 g/mol. The highest BCUT2D eigenvalue weighted by Crippen LogP contribution is 2.26. The molecule has 0 bridgehead atoms. The Hall–Kier alpha value is -1.95. The van der Waals surface area contributed by atoms with Gasteiger partial charge >= 0.3 is 0 Å². The predicted octanol–water partition coefficient (Wildman–Crippen LogP) is 2.56. The van der Waals surface area contributed by atoms with Gasteiger partial charge in [-0.3, -0.25) is 4.68 Å². The highest BCUT2D eigenvalue weighted by molar-refractivity contribution is 5.25. The third-order valence-electron chi connectivity index (χ3n) is 3.01. The zero-order valence-corrected chi connectivity index (χ0v) is 11.4. The fraction of sp³-hybridized carbons (Fsp3) is 0.357. The molecule has 0 saturated heterocycles. The molecule has 0 aliphatic carbocycles. The van der Waals surface area contributed by atoms with E-state index in [1.165, 1.54) is 0 Å². The maximum atomic E-state index is 13.2. The number of hydrogen-bond donors (Lipinski definition) is 1. The molecule has 0 spiro atoms. The molecule has 0 radical (unpaired) electrons. The molecule has 0 aliphatic heterocycles. The van der Waals surface area contributed by atoms with E-state index in [9.17, 15) is 8.78 Å². The molecule has 0 aliphatic rings. The molecular formula is C14H17F2N3O. The molecule has 0 saturated carbocycles. The van der Waals surface area contributed by atoms with E-state index in [0.29, 0.717) is 6.42 Å². The van der Waals surface area contributed by atoms with Crippen LogP contribution in [0.3, 0.4) is 0 Å². The first-order valence-electron chi connectivity index (χ1n) is 6.36. The summed E-state index contributed by atoms with van der Waals surface area (Å²) in [6, 6.07) is 2.76. The summed E-state index contributed by atoms with van der Waals surface area (Å²) in [7, 11) is 1.78. The van der Waals surface area contributed by atoms with Crippen molar-refractivity contribution in [2.75, 3.05) is 0 Å². The van der Waals surface area contributed by atoms with Crippen molar-refractivity contribution in [3.05, 3.63) is 47.8 Å². The number of aromatic nitrogens is 2. The molecule has 0 amide bonds. The molecule has 4 nitrogen and oxygen atoms in total. The molecule has 1 heterocycles. The van der Waals surface area contributed by atoms with Crippen molar-refractivity contribution in [1.29, 1.82) is 0 Å². The van der Waals surface area contributed by atoms with Crippen LogP contribution in [0.25, 0.3) is 0 Å². The lowest BCUT2D eigenvalue weighted by molar-refractivity contribution is 0.169. The van der Waals surface area contributed by atoms with E-state index in [1.54, 1.807) is 24.1 Å². The van der Waals surface area contributed by atoms with Crippen LogP contribution in [0, 0.1) is 11.6 Å². The molecule has 6 heteroatoms. The van der Waals surface area contributed by atoms with Gasteiger partial charge in [0.1, 0.15) is 23.5 Å². The number of nitrogens with zero attached hydrogens (tertiary/aromatic N) is 2. The van der Waals surface area contributed by atoms with E-state index in [4.69, 9.17) is 10.5 Å². The van der Waals surface area contributed by atoms with Gasteiger partial charge in [-0.05, 0) is 6.42 Å². The summed E-state index contributed by atoms with van der Waals surface area (Å²) in [5, 5.41) is 4.06. The number of aryl methyl sites for hydroxylation is 1. The molecule has 0 fully saturated rings. The van der Waals surface area contributed by atoms with Gasteiger partial charge in [0.15, 0.2) is 0 Å². The first-order valence-corrected chi connectivity index (χ1v) is 6.36. The maximum Gasteiger partial charge on any atom is 0.142 e. The molecule has 2 N–H and O–H groups in total. The van der Waals surface area contributed by atoms with Crippen LogP contribution in [0.5, 0.6) is 5.75 Å². The van der Waals surface area contributed by atoms with Crippen LogP contribution >= 0.6 is 0 Å². The number of rotatable bonds is 5. The van der Waals surface area contributed by atoms with Gasteiger partial charge in [-0.15, -0.1) is 0 Å². The van der Waals surface area contributed by atoms with E-state index in [2.05, 4.69) is 5.10 Å². The summed E-state index contributed by atoms with van der Waals surface area (Å²) in [6.45, 7) is 1.92. The maximum absolute atomic E-state index is 13.2. The minimum atomic E-state index is -0.685. The Kier molecular flexibility index (Phi) is 4.34. The van der Waals surface area contributed by atoms with Crippen molar-refractivity contribution in [3.63, 3.8) is 0 Å². The number of ether oxygens (including phenoxy) is 1. The summed E-state index contributed by atoms with van der Waals surface area (Å²) in [5.41, 5.74) is 6.80. The Morgan fingerprint density at radius 1 is 1.30 bits per heavy atom. The number of nitrogens with two attached hydrogens (primary N) is 1. The van der Waals surface area contributed by atoms with Crippen LogP contribution in [0.2, 0.25) is 0 Å². The van der Waals surface area contributed by atoms with E-state index in [0.717, 1.165) is 23.8 Å². The highest BCUT2D eigenvalue weighted by Gasteiger charge is 2.22. The fourth-order valence-electron chi connectivity index (χ4n) is 1.95. The molecule has 108 valence electrons. The Bertz CT molecular complexity index is 565. The second kappa shape index (κ2) is 6.00. The van der Waals surface area contributed by atoms with Crippen molar-refractivity contribution in [2.45, 2.75) is 25.5 Å². The van der Waals surface area contributed by atoms with Gasteiger partial charge in [-0.25, -0.2) is 8.78 Å². The molecule has 2 aromatic rings. The van der Waals surface area contributed by atoms with Gasteiger partial charge in [0.05, 0.1) is 6.20 Å². The quantitative estimate of drug-likeness (QED) is 0.916. The topological polar surface area (TPSA) is 53.1 Å². The zero-order chi connectivity index (χ0) is 14.7. The van der Waals surface area contributed by atoms with Crippen molar-refractivity contribution >= 4 is 0 Å². The number of hydrogen-bond acceptors (Lipinski definition) is 3. The summed E-state index contributed by atoms with van der Waals surface area (Å²) in [5.74, 6) is -1.26. The highest BCUT2D eigenvalue weighted by atomic mass is 19.1. The third kappa shape index (κ3) is 3.33. The third-order valence-corrected chi connectivity index (χ3v) is 3.01. The standard InChI is InChI=1S/C14H17F2N3O/c1-3-13(17)14(9-7-18-19(2)8-9)20-12-5-10(15)4-11(16)6-12/h4-8,13-14H,3,17H2,1-2H3. The van der Waals surface area contributed by atoms with E-state index >= 15 is 0 Å². The summed E-state index contributed by atoms with van der Waals surface area (Å²) >= 11 is 0. The van der Waals surface area contributed by atoms with Gasteiger partial charge in [-0.2, -0.15) is 5.10 Å². The molecule has 2 unspecified atom stereocenters. The molecule has 1 aromatic carbocycles. The lowest BCUT2D eigenvalue weighted by atomic mass is 10.0. The van der Waals surface area contributed by atoms with Gasteiger partial charge in [0.2, 0.25) is 0 Å². The first-order chi connectivity index (χ1) is 9.49. The van der Waals surface area contributed by atoms with Gasteiger partial charge in [-0.1, -0.05) is 6.92 Å². The second-order valence-corrected chi connectivity index (χ2v) is 4.66. The molecular weight excluding hydrogens is 264 g/mol. The van der Waals surface area contributed by atoms with Gasteiger partial charge in [0.25, 0.3) is 0 Å². The predicted molar refractivity (Wildman–Crippen MR) is 71.2 cm³/mol. The molecule has 2 atom stereocenters. The van der Waals surface area contributed by atoms with E-state index in [-0.39, 0.29) is 11.8 Å². The van der Waals surface area contributed by atoms with Crippen LogP contribution in [-0.2, 0) is 7.05 Å². The smallest absolute Gasteiger partial charge is 0.142 e. The number of benzene rings is 1. The second-order valence-electron chi connectivity index (χ2n) is 4.66. The Balaban J connectivity index is 2.28. The van der Waals surface area contributed by atoms with Crippen LogP contribution in [0.15, 0.2) is 30.6 Å². The lowest BCUT2D eigenvalue weighted by Gasteiger charge is -2.23. The molecule has 2 rings (SSSR count). The monoisotopic (exact) mass is 281 g/mol. The van der Waals surface area contributed by atoms with E-state index in [1.807, 2.05) is 6.92 Å². The fourth-order valence-corrected chi connectivity index (χ4v) is 1.95. The van der Waals surface area contributed by atoms with Crippen LogP contribution in [0.1, 0.15) is 25.0 Å². The largest absolute Gasteiger partial charge is 0.484 e. The van der Waals surface area contributed by atoms with Crippen molar-refractivity contribution in [3.8, 4) is 5.75 Å². The van der Waals surface area contributed by atoms with Crippen LogP contribution < -0.4 is 10.5 Å². The van der Waals surface area contributed by atoms with Gasteiger partial charge < -0.3 is 10.5 Å². The summed E-state index contributed by atoms with van der Waals surface area (Å²) in [6.07, 6.45) is 3.57. The minimum Gasteiger partial charge on any atom is -0.484 e. The van der Waals surface area contributed by atoms with Crippen molar-refractivity contribution in [1.82, 2.24) is 9.78 Å². The van der Waals surface area contributed by atoms with Crippen LogP contribution in [0.4, 0.5) is 8.78 Å². The SMILES string of the molecule is CCC(N)C(Oc1cc(F)cc(F)c1)c1cnn(C)c1. The zero-order valence-electron chi connectivity index (χ0n) is 11.4. The average Bonchev–Trinajstić information content (AvgIpc) is 2.80. The lowest BCUT2D eigenvalue weighted by Crippen LogP contribution is -2.31. The van der Waals surface area contributed by atoms with Crippen LogP contribution in [-0.4, -0.2) is 15.8 Å². The molecule has 1 aromatic heterocycles. The minimum absolute atomic E-state index is 0.111. The normalized spacial score (nSPS) is 14.1. The van der Waals surface area contributed by atoms with Gasteiger partial charge in [0, 0.05) is 43.0 Å². The van der Waals surface area contributed by atoms with E-state index < -0.39 is 17.7 Å². The van der Waals surface area contributed by atoms with Crippen molar-refractivity contribution in [2.24, 2.45) is 12.8 Å². The van der Waals surface area contributed by atoms with Crippen molar-refractivity contribution < 1.29 is 13.5 Å². The summed E-state index contributed by atoms with van der Waals surface area (Å²) < 4.78 is 33.7. The summed E-state index contributed by atoms with van der Waals surface area (Å²) in [4.78, 5) is 0. The Morgan fingerprint density at radius 3 is 2.45 bits per heavy atom. The molecule has 20 heavy (non-hydrogen) atoms.